The lowest BCUT2D eigenvalue weighted by atomic mass is 9.99. The minimum Gasteiger partial charge on any atom is -0.481 e. The molecule has 0 aromatic heterocycles. The summed E-state index contributed by atoms with van der Waals surface area (Å²) in [5, 5.41) is 37.3. The number of nitrogens with zero attached hydrogens (tertiary/aromatic N) is 1. The zero-order valence-corrected chi connectivity index (χ0v) is 20.2. The number of carboxylic acid groups (broad SMARTS) is 4. The number of carboxylic acids is 4. The molecular formula is C24H43NO8. The van der Waals surface area contributed by atoms with E-state index in [0.717, 1.165) is 30.6 Å². The Bertz CT molecular complexity index is 561. The highest BCUT2D eigenvalue weighted by atomic mass is 16.4. The number of hydrogen-bond donors (Lipinski definition) is 4. The summed E-state index contributed by atoms with van der Waals surface area (Å²) in [6, 6.07) is -3.82. The van der Waals surface area contributed by atoms with Crippen LogP contribution in [0.2, 0.25) is 0 Å². The average Bonchev–Trinajstić information content (AvgIpc) is 2.72. The number of hydrogen-bond acceptors (Lipinski definition) is 5. The quantitative estimate of drug-likeness (QED) is 0.165. The Balaban J connectivity index is 4.68. The topological polar surface area (TPSA) is 152 Å². The van der Waals surface area contributed by atoms with Crippen LogP contribution in [0.1, 0.15) is 110 Å². The Hall–Kier alpha value is -2.16. The molecule has 192 valence electrons. The predicted octanol–water partition coefficient (Wildman–Crippen LogP) is 4.62. The van der Waals surface area contributed by atoms with Gasteiger partial charge in [0.2, 0.25) is 0 Å². The van der Waals surface area contributed by atoms with Crippen molar-refractivity contribution in [3.63, 3.8) is 0 Å². The minimum atomic E-state index is -1.62. The summed E-state index contributed by atoms with van der Waals surface area (Å²) in [7, 11) is 0. The van der Waals surface area contributed by atoms with Gasteiger partial charge in [-0.2, -0.15) is 0 Å². The van der Waals surface area contributed by atoms with Crippen LogP contribution in [0, 0.1) is 0 Å². The first kappa shape index (κ1) is 30.8. The van der Waals surface area contributed by atoms with Gasteiger partial charge in [-0.05, 0) is 13.3 Å². The monoisotopic (exact) mass is 473 g/mol. The molecule has 0 saturated carbocycles. The molecular weight excluding hydrogens is 430 g/mol. The van der Waals surface area contributed by atoms with E-state index >= 15 is 0 Å². The molecule has 3 unspecified atom stereocenters. The van der Waals surface area contributed by atoms with Gasteiger partial charge in [-0.15, -0.1) is 0 Å². The second-order valence-corrected chi connectivity index (χ2v) is 8.88. The number of unbranched alkanes of at least 4 members (excludes halogenated alkanes) is 11. The van der Waals surface area contributed by atoms with Crippen LogP contribution in [0.4, 0.5) is 0 Å². The second kappa shape index (κ2) is 18.3. The van der Waals surface area contributed by atoms with Gasteiger partial charge < -0.3 is 20.4 Å². The molecule has 3 atom stereocenters. The van der Waals surface area contributed by atoms with Crippen molar-refractivity contribution < 1.29 is 39.6 Å². The van der Waals surface area contributed by atoms with Crippen molar-refractivity contribution in [2.45, 2.75) is 128 Å². The summed E-state index contributed by atoms with van der Waals surface area (Å²) in [6.07, 6.45) is 12.8. The van der Waals surface area contributed by atoms with Gasteiger partial charge in [0.05, 0.1) is 12.8 Å². The van der Waals surface area contributed by atoms with E-state index in [0.29, 0.717) is 6.42 Å². The standard InChI is InChI=1S/C24H43NO8/c1-3-4-5-6-7-8-9-10-11-12-13-14-15-18(2)25(19(23(30)31)16-21(26)27)20(24(32)33)17-22(28)29/h18-20H,3-17H2,1-2H3,(H,26,27)(H,28,29)(H,30,31)(H,32,33). The molecule has 0 amide bonds. The summed E-state index contributed by atoms with van der Waals surface area (Å²) in [5.41, 5.74) is 0. The summed E-state index contributed by atoms with van der Waals surface area (Å²) < 4.78 is 0. The first-order valence-electron chi connectivity index (χ1n) is 12.3. The fraction of sp³-hybridized carbons (Fsp3) is 0.833. The largest absolute Gasteiger partial charge is 0.481 e. The lowest BCUT2D eigenvalue weighted by Crippen LogP contribution is -2.56. The molecule has 0 aliphatic carbocycles. The van der Waals surface area contributed by atoms with Crippen molar-refractivity contribution in [3.05, 3.63) is 0 Å². The van der Waals surface area contributed by atoms with Crippen molar-refractivity contribution in [1.82, 2.24) is 4.90 Å². The summed E-state index contributed by atoms with van der Waals surface area (Å²) in [6.45, 7) is 3.84. The molecule has 0 aliphatic heterocycles. The molecule has 0 fully saturated rings. The van der Waals surface area contributed by atoms with Crippen molar-refractivity contribution >= 4 is 23.9 Å². The van der Waals surface area contributed by atoms with Crippen molar-refractivity contribution in [3.8, 4) is 0 Å². The van der Waals surface area contributed by atoms with Crippen molar-refractivity contribution in [2.75, 3.05) is 0 Å². The fourth-order valence-corrected chi connectivity index (χ4v) is 4.23. The van der Waals surface area contributed by atoms with Gasteiger partial charge in [0.25, 0.3) is 0 Å². The van der Waals surface area contributed by atoms with Gasteiger partial charge >= 0.3 is 23.9 Å². The van der Waals surface area contributed by atoms with E-state index in [4.69, 9.17) is 10.2 Å². The zero-order chi connectivity index (χ0) is 25.2. The summed E-state index contributed by atoms with van der Waals surface area (Å²) in [4.78, 5) is 46.8. The highest BCUT2D eigenvalue weighted by Crippen LogP contribution is 2.22. The van der Waals surface area contributed by atoms with E-state index in [-0.39, 0.29) is 0 Å². The normalized spacial score (nSPS) is 14.0. The van der Waals surface area contributed by atoms with E-state index in [1.54, 1.807) is 6.92 Å². The molecule has 9 heteroatoms. The molecule has 0 spiro atoms. The molecule has 0 heterocycles. The van der Waals surface area contributed by atoms with Crippen molar-refractivity contribution in [1.29, 1.82) is 0 Å². The molecule has 0 aromatic carbocycles. The van der Waals surface area contributed by atoms with Crippen LogP contribution >= 0.6 is 0 Å². The Morgan fingerprint density at radius 2 is 0.939 bits per heavy atom. The lowest BCUT2D eigenvalue weighted by Gasteiger charge is -2.37. The SMILES string of the molecule is CCCCCCCCCCCCCCC(C)N(C(CC(=O)O)C(=O)O)C(CC(=O)O)C(=O)O. The van der Waals surface area contributed by atoms with Crippen LogP contribution in [-0.2, 0) is 19.2 Å². The molecule has 0 radical (unpaired) electrons. The zero-order valence-electron chi connectivity index (χ0n) is 20.2. The average molecular weight is 474 g/mol. The van der Waals surface area contributed by atoms with Crippen LogP contribution in [0.15, 0.2) is 0 Å². The van der Waals surface area contributed by atoms with Crippen molar-refractivity contribution in [2.24, 2.45) is 0 Å². The van der Waals surface area contributed by atoms with E-state index in [9.17, 15) is 29.4 Å². The Morgan fingerprint density at radius 1 is 0.606 bits per heavy atom. The van der Waals surface area contributed by atoms with Gasteiger partial charge in [-0.1, -0.05) is 84.0 Å². The predicted molar refractivity (Wildman–Crippen MR) is 124 cm³/mol. The van der Waals surface area contributed by atoms with Crippen LogP contribution in [0.5, 0.6) is 0 Å². The molecule has 0 aliphatic rings. The van der Waals surface area contributed by atoms with E-state index < -0.39 is 54.8 Å². The summed E-state index contributed by atoms with van der Waals surface area (Å²) >= 11 is 0. The first-order valence-corrected chi connectivity index (χ1v) is 12.3. The highest BCUT2D eigenvalue weighted by Gasteiger charge is 2.40. The molecule has 33 heavy (non-hydrogen) atoms. The van der Waals surface area contributed by atoms with Crippen LogP contribution < -0.4 is 0 Å². The first-order chi connectivity index (χ1) is 15.6. The number of rotatable bonds is 22. The molecule has 0 bridgehead atoms. The smallest absolute Gasteiger partial charge is 0.321 e. The van der Waals surface area contributed by atoms with Gasteiger partial charge in [0.1, 0.15) is 12.1 Å². The molecule has 9 nitrogen and oxygen atoms in total. The Morgan fingerprint density at radius 3 is 1.24 bits per heavy atom. The second-order valence-electron chi connectivity index (χ2n) is 8.88. The van der Waals surface area contributed by atoms with E-state index in [2.05, 4.69) is 6.92 Å². The fourth-order valence-electron chi connectivity index (χ4n) is 4.23. The van der Waals surface area contributed by atoms with E-state index in [1.807, 2.05) is 0 Å². The van der Waals surface area contributed by atoms with E-state index in [1.165, 1.54) is 51.4 Å². The summed E-state index contributed by atoms with van der Waals surface area (Å²) in [5.74, 6) is -5.72. The third-order valence-corrected chi connectivity index (χ3v) is 6.01. The third kappa shape index (κ3) is 14.6. The number of aliphatic carboxylic acids is 4. The van der Waals surface area contributed by atoms with Gasteiger partial charge in [-0.3, -0.25) is 24.1 Å². The lowest BCUT2D eigenvalue weighted by molar-refractivity contribution is -0.160. The molecule has 4 N–H and O–H groups in total. The Kier molecular flexibility index (Phi) is 17.1. The molecule has 0 saturated heterocycles. The third-order valence-electron chi connectivity index (χ3n) is 6.01. The van der Waals surface area contributed by atoms with Crippen LogP contribution in [0.25, 0.3) is 0 Å². The van der Waals surface area contributed by atoms with Gasteiger partial charge in [0.15, 0.2) is 0 Å². The van der Waals surface area contributed by atoms with Gasteiger partial charge in [-0.25, -0.2) is 0 Å². The van der Waals surface area contributed by atoms with Gasteiger partial charge in [0, 0.05) is 6.04 Å². The van der Waals surface area contributed by atoms with Crippen LogP contribution in [-0.4, -0.2) is 67.3 Å². The number of carbonyl (C=O) groups is 4. The van der Waals surface area contributed by atoms with Crippen LogP contribution in [0.3, 0.4) is 0 Å². The minimum absolute atomic E-state index is 0.463. The Labute approximate surface area is 197 Å². The highest BCUT2D eigenvalue weighted by molar-refractivity contribution is 5.84. The molecule has 0 aromatic rings. The maximum atomic E-state index is 11.7. The maximum absolute atomic E-state index is 11.7. The maximum Gasteiger partial charge on any atom is 0.321 e. The molecule has 0 rings (SSSR count).